The Hall–Kier alpha value is -0.570. The first-order chi connectivity index (χ1) is 6.83. The van der Waals surface area contributed by atoms with Gasteiger partial charge in [0.2, 0.25) is 5.91 Å². The van der Waals surface area contributed by atoms with Crippen LogP contribution in [0.5, 0.6) is 0 Å². The Kier molecular flexibility index (Phi) is 3.77. The van der Waals surface area contributed by atoms with Crippen LogP contribution in [0.4, 0.5) is 0 Å². The average Bonchev–Trinajstić information content (AvgIpc) is 2.15. The second-order valence-electron chi connectivity index (χ2n) is 5.74. The van der Waals surface area contributed by atoms with Gasteiger partial charge in [0, 0.05) is 5.92 Å². The number of amides is 1. The SMILES string of the molecule is CC(C)C(C)C(=O)N1CC[N+](C)(C)CC1. The van der Waals surface area contributed by atoms with Crippen molar-refractivity contribution in [1.29, 1.82) is 0 Å². The van der Waals surface area contributed by atoms with Crippen LogP contribution >= 0.6 is 0 Å². The van der Waals surface area contributed by atoms with Gasteiger partial charge in [-0.15, -0.1) is 0 Å². The molecular weight excluding hydrogens is 188 g/mol. The van der Waals surface area contributed by atoms with Crippen molar-refractivity contribution >= 4 is 5.91 Å². The normalized spacial score (nSPS) is 22.9. The lowest BCUT2D eigenvalue weighted by molar-refractivity contribution is -0.894. The van der Waals surface area contributed by atoms with Gasteiger partial charge >= 0.3 is 0 Å². The lowest BCUT2D eigenvalue weighted by atomic mass is 9.96. The van der Waals surface area contributed by atoms with Crippen LogP contribution in [0.1, 0.15) is 20.8 Å². The summed E-state index contributed by atoms with van der Waals surface area (Å²) in [5.41, 5.74) is 0. The van der Waals surface area contributed by atoms with Crippen LogP contribution in [0, 0.1) is 11.8 Å². The third kappa shape index (κ3) is 3.20. The van der Waals surface area contributed by atoms with Crippen LogP contribution < -0.4 is 0 Å². The fraction of sp³-hybridized carbons (Fsp3) is 0.917. The Labute approximate surface area is 93.6 Å². The molecule has 0 aromatic carbocycles. The summed E-state index contributed by atoms with van der Waals surface area (Å²) in [5.74, 6) is 0.949. The number of carbonyl (C=O) groups excluding carboxylic acids is 1. The molecule has 1 unspecified atom stereocenters. The molecule has 0 spiro atoms. The van der Waals surface area contributed by atoms with Crippen LogP contribution in [0.3, 0.4) is 0 Å². The number of carbonyl (C=O) groups is 1. The van der Waals surface area contributed by atoms with Gasteiger partial charge in [0.25, 0.3) is 0 Å². The monoisotopic (exact) mass is 213 g/mol. The minimum atomic E-state index is 0.165. The quantitative estimate of drug-likeness (QED) is 0.631. The van der Waals surface area contributed by atoms with E-state index >= 15 is 0 Å². The fourth-order valence-electron chi connectivity index (χ4n) is 1.80. The minimum absolute atomic E-state index is 0.165. The van der Waals surface area contributed by atoms with Gasteiger partial charge in [0.05, 0.1) is 40.3 Å². The third-order valence-electron chi connectivity index (χ3n) is 3.65. The fourth-order valence-corrected chi connectivity index (χ4v) is 1.80. The number of nitrogens with zero attached hydrogens (tertiary/aromatic N) is 2. The number of likely N-dealkylation sites (N-methyl/N-ethyl adjacent to an activating group) is 1. The molecule has 1 heterocycles. The summed E-state index contributed by atoms with van der Waals surface area (Å²) in [6.07, 6.45) is 0. The largest absolute Gasteiger partial charge is 0.331 e. The summed E-state index contributed by atoms with van der Waals surface area (Å²) in [6, 6.07) is 0. The molecule has 0 N–H and O–H groups in total. The highest BCUT2D eigenvalue weighted by Crippen LogP contribution is 2.16. The molecule has 0 radical (unpaired) electrons. The second-order valence-corrected chi connectivity index (χ2v) is 5.74. The van der Waals surface area contributed by atoms with Crippen molar-refractivity contribution in [3.8, 4) is 0 Å². The minimum Gasteiger partial charge on any atom is -0.331 e. The van der Waals surface area contributed by atoms with E-state index in [1.807, 2.05) is 11.8 Å². The molecule has 0 aliphatic carbocycles. The van der Waals surface area contributed by atoms with E-state index in [1.54, 1.807) is 0 Å². The van der Waals surface area contributed by atoms with E-state index in [0.717, 1.165) is 30.7 Å². The molecule has 3 heteroatoms. The van der Waals surface area contributed by atoms with Crippen molar-refractivity contribution in [3.05, 3.63) is 0 Å². The van der Waals surface area contributed by atoms with Gasteiger partial charge in [0.15, 0.2) is 0 Å². The topological polar surface area (TPSA) is 20.3 Å². The number of hydrogen-bond donors (Lipinski definition) is 0. The van der Waals surface area contributed by atoms with Crippen molar-refractivity contribution in [3.63, 3.8) is 0 Å². The zero-order chi connectivity index (χ0) is 11.6. The maximum atomic E-state index is 12.1. The first-order valence-corrected chi connectivity index (χ1v) is 5.94. The van der Waals surface area contributed by atoms with Gasteiger partial charge in [-0.1, -0.05) is 20.8 Å². The predicted molar refractivity (Wildman–Crippen MR) is 62.4 cm³/mol. The summed E-state index contributed by atoms with van der Waals surface area (Å²) in [7, 11) is 4.46. The van der Waals surface area contributed by atoms with Gasteiger partial charge in [-0.05, 0) is 5.92 Å². The first kappa shape index (κ1) is 12.5. The van der Waals surface area contributed by atoms with Crippen LogP contribution in [-0.2, 0) is 4.79 Å². The first-order valence-electron chi connectivity index (χ1n) is 5.94. The average molecular weight is 213 g/mol. The van der Waals surface area contributed by atoms with E-state index in [4.69, 9.17) is 0 Å². The Morgan fingerprint density at radius 3 is 2.00 bits per heavy atom. The van der Waals surface area contributed by atoms with Gasteiger partial charge in [-0.2, -0.15) is 0 Å². The summed E-state index contributed by atoms with van der Waals surface area (Å²) in [4.78, 5) is 14.1. The molecule has 1 amide bonds. The summed E-state index contributed by atoms with van der Waals surface area (Å²) < 4.78 is 1.04. The number of quaternary nitrogens is 1. The molecule has 1 atom stereocenters. The lowest BCUT2D eigenvalue weighted by Gasteiger charge is -2.40. The predicted octanol–water partition coefficient (Wildman–Crippen LogP) is 1.20. The van der Waals surface area contributed by atoms with E-state index < -0.39 is 0 Å². The van der Waals surface area contributed by atoms with Crippen LogP contribution in [0.2, 0.25) is 0 Å². The highest BCUT2D eigenvalue weighted by atomic mass is 16.2. The third-order valence-corrected chi connectivity index (χ3v) is 3.65. The number of piperazine rings is 1. The molecule has 1 aliphatic rings. The smallest absolute Gasteiger partial charge is 0.226 e. The van der Waals surface area contributed by atoms with Gasteiger partial charge < -0.3 is 9.38 Å². The zero-order valence-electron chi connectivity index (χ0n) is 10.8. The molecule has 88 valence electrons. The van der Waals surface area contributed by atoms with E-state index in [1.165, 1.54) is 0 Å². The molecule has 3 nitrogen and oxygen atoms in total. The molecule has 1 rings (SSSR count). The van der Waals surface area contributed by atoms with Gasteiger partial charge in [-0.25, -0.2) is 0 Å². The number of hydrogen-bond acceptors (Lipinski definition) is 1. The molecule has 1 fully saturated rings. The van der Waals surface area contributed by atoms with Crippen molar-refractivity contribution < 1.29 is 9.28 Å². The molecule has 0 bridgehead atoms. The van der Waals surface area contributed by atoms with Crippen LogP contribution in [-0.4, -0.2) is 55.6 Å². The van der Waals surface area contributed by atoms with E-state index in [0.29, 0.717) is 11.8 Å². The van der Waals surface area contributed by atoms with Crippen molar-refractivity contribution in [1.82, 2.24) is 4.90 Å². The molecular formula is C12H25N2O+. The Morgan fingerprint density at radius 1 is 1.13 bits per heavy atom. The molecule has 15 heavy (non-hydrogen) atoms. The Balaban J connectivity index is 2.50. The van der Waals surface area contributed by atoms with Crippen molar-refractivity contribution in [2.45, 2.75) is 20.8 Å². The summed E-state index contributed by atoms with van der Waals surface area (Å²) in [6.45, 7) is 10.3. The zero-order valence-corrected chi connectivity index (χ0v) is 10.8. The Bertz CT molecular complexity index is 226. The van der Waals surface area contributed by atoms with Crippen LogP contribution in [0.15, 0.2) is 0 Å². The highest BCUT2D eigenvalue weighted by Gasteiger charge is 2.30. The van der Waals surface area contributed by atoms with Crippen LogP contribution in [0.25, 0.3) is 0 Å². The molecule has 1 aliphatic heterocycles. The summed E-state index contributed by atoms with van der Waals surface area (Å²) in [5, 5.41) is 0. The molecule has 0 aromatic heterocycles. The highest BCUT2D eigenvalue weighted by molar-refractivity contribution is 5.78. The number of rotatable bonds is 2. The van der Waals surface area contributed by atoms with E-state index in [2.05, 4.69) is 27.9 Å². The molecule has 0 saturated carbocycles. The van der Waals surface area contributed by atoms with Crippen molar-refractivity contribution in [2.75, 3.05) is 40.3 Å². The maximum absolute atomic E-state index is 12.1. The van der Waals surface area contributed by atoms with E-state index in [9.17, 15) is 4.79 Å². The Morgan fingerprint density at radius 2 is 1.60 bits per heavy atom. The lowest BCUT2D eigenvalue weighted by Crippen LogP contribution is -2.57. The van der Waals surface area contributed by atoms with Crippen molar-refractivity contribution in [2.24, 2.45) is 11.8 Å². The molecule has 0 aromatic rings. The van der Waals surface area contributed by atoms with Gasteiger partial charge in [-0.3, -0.25) is 4.79 Å². The second kappa shape index (κ2) is 4.52. The molecule has 1 saturated heterocycles. The van der Waals surface area contributed by atoms with Gasteiger partial charge in [0.1, 0.15) is 0 Å². The standard InChI is InChI=1S/C12H25N2O/c1-10(2)11(3)12(15)13-6-8-14(4,5)9-7-13/h10-11H,6-9H2,1-5H3/q+1. The summed E-state index contributed by atoms with van der Waals surface area (Å²) >= 11 is 0. The maximum Gasteiger partial charge on any atom is 0.226 e. The van der Waals surface area contributed by atoms with E-state index in [-0.39, 0.29) is 5.92 Å².